The molecular weight excluding hydrogens is 216 g/mol. The molecule has 0 saturated heterocycles. The Morgan fingerprint density at radius 3 is 3.06 bits per heavy atom. The van der Waals surface area contributed by atoms with E-state index in [0.29, 0.717) is 0 Å². The van der Waals surface area contributed by atoms with Crippen molar-refractivity contribution in [1.29, 1.82) is 0 Å². The highest BCUT2D eigenvalue weighted by Crippen LogP contribution is 2.55. The summed E-state index contributed by atoms with van der Waals surface area (Å²) in [5.41, 5.74) is 3.44. The molecule has 0 aliphatic heterocycles. The minimum atomic E-state index is 0.198. The van der Waals surface area contributed by atoms with Crippen molar-refractivity contribution in [1.82, 2.24) is 0 Å². The number of fused-ring (bicyclic) bond motifs is 5. The third-order valence-electron chi connectivity index (χ3n) is 5.95. The van der Waals surface area contributed by atoms with Gasteiger partial charge in [0, 0.05) is 0 Å². The second-order valence-corrected chi connectivity index (χ2v) is 6.91. The van der Waals surface area contributed by atoms with E-state index in [0.717, 1.165) is 17.8 Å². The molecule has 0 spiro atoms. The highest BCUT2D eigenvalue weighted by Gasteiger charge is 2.45. The Kier molecular flexibility index (Phi) is 2.28. The van der Waals surface area contributed by atoms with Crippen molar-refractivity contribution in [3.05, 3.63) is 23.3 Å². The van der Waals surface area contributed by atoms with E-state index in [2.05, 4.69) is 30.9 Å². The van der Waals surface area contributed by atoms with Crippen LogP contribution in [0.1, 0.15) is 51.9 Å². The molecule has 0 heteroatoms. The number of hydrogen-bond donors (Lipinski definition) is 0. The maximum atomic E-state index is 3.46. The Balaban J connectivity index is 1.72. The molecule has 0 heterocycles. The second-order valence-electron chi connectivity index (χ2n) is 6.91. The van der Waals surface area contributed by atoms with E-state index in [4.69, 9.17) is 0 Å². The summed E-state index contributed by atoms with van der Waals surface area (Å²) in [6.45, 7) is 2.35. The predicted octanol–water partition coefficient (Wildman–Crippen LogP) is 4.48. The number of hydrogen-bond acceptors (Lipinski definition) is 0. The molecule has 4 atom stereocenters. The topological polar surface area (TPSA) is 0 Å². The molecule has 0 radical (unpaired) electrons. The fourth-order valence-corrected chi connectivity index (χ4v) is 4.94. The van der Waals surface area contributed by atoms with Gasteiger partial charge in [0.15, 0.2) is 0 Å². The Morgan fingerprint density at radius 1 is 1.22 bits per heavy atom. The fraction of sp³-hybridized carbons (Fsp3) is 0.667. The third-order valence-corrected chi connectivity index (χ3v) is 5.95. The van der Waals surface area contributed by atoms with Gasteiger partial charge in [-0.25, -0.2) is 0 Å². The van der Waals surface area contributed by atoms with Gasteiger partial charge >= 0.3 is 0 Å². The molecule has 18 heavy (non-hydrogen) atoms. The van der Waals surface area contributed by atoms with Crippen molar-refractivity contribution in [2.75, 3.05) is 0 Å². The maximum Gasteiger partial charge on any atom is 0.0547 e. The first kappa shape index (κ1) is 10.9. The molecule has 0 aromatic rings. The molecule has 0 nitrogen and oxygen atoms in total. The predicted molar refractivity (Wildman–Crippen MR) is 74.8 cm³/mol. The average molecular weight is 238 g/mol. The summed E-state index contributed by atoms with van der Waals surface area (Å²) in [5, 5.41) is 0. The molecule has 0 amide bonds. The van der Waals surface area contributed by atoms with Crippen LogP contribution in [0.2, 0.25) is 0 Å². The van der Waals surface area contributed by atoms with E-state index < -0.39 is 0 Å². The van der Waals surface area contributed by atoms with Crippen LogP contribution in [-0.2, 0) is 0 Å². The van der Waals surface area contributed by atoms with Gasteiger partial charge in [0.1, 0.15) is 0 Å². The van der Waals surface area contributed by atoms with E-state index in [1.165, 1.54) is 44.9 Å². The minimum absolute atomic E-state index is 0.198. The first-order valence-corrected chi connectivity index (χ1v) is 7.72. The zero-order valence-electron chi connectivity index (χ0n) is 11.3. The van der Waals surface area contributed by atoms with Gasteiger partial charge in [-0.1, -0.05) is 30.8 Å². The molecule has 0 bridgehead atoms. The zero-order valence-corrected chi connectivity index (χ0v) is 11.3. The van der Waals surface area contributed by atoms with Gasteiger partial charge in [-0.3, -0.25) is 0 Å². The van der Waals surface area contributed by atoms with Gasteiger partial charge in [0.05, 0.1) is 5.41 Å². The standard InChI is InChI=1S/C18H22/c1-18-11-4-7-17(18)16-9-8-13-5-2-3-6-14(13)15(16)10-12-18/h7,9,13-15H,2-3,5-6,8,10,12H2,1H3/t13?,14-,15+,18-/m0/s1. The summed E-state index contributed by atoms with van der Waals surface area (Å²) in [6.07, 6.45) is 14.7. The van der Waals surface area contributed by atoms with Gasteiger partial charge in [-0.05, 0) is 74.0 Å². The van der Waals surface area contributed by atoms with E-state index in [1.54, 1.807) is 11.1 Å². The molecule has 94 valence electrons. The lowest BCUT2D eigenvalue weighted by molar-refractivity contribution is 0.144. The molecular formula is C18H22. The summed E-state index contributed by atoms with van der Waals surface area (Å²) in [5.74, 6) is 9.57. The lowest BCUT2D eigenvalue weighted by atomic mass is 9.57. The van der Waals surface area contributed by atoms with Crippen molar-refractivity contribution in [3.63, 3.8) is 0 Å². The second kappa shape index (κ2) is 3.77. The molecule has 1 unspecified atom stereocenters. The van der Waals surface area contributed by atoms with Gasteiger partial charge in [-0.2, -0.15) is 0 Å². The molecule has 4 aliphatic rings. The number of allylic oxidation sites excluding steroid dienone is 4. The summed E-state index contributed by atoms with van der Waals surface area (Å²) >= 11 is 0. The molecule has 0 aromatic heterocycles. The van der Waals surface area contributed by atoms with Gasteiger partial charge in [0.2, 0.25) is 0 Å². The molecule has 2 fully saturated rings. The summed E-state index contributed by atoms with van der Waals surface area (Å²) < 4.78 is 0. The largest absolute Gasteiger partial charge is 0.0871 e. The Labute approximate surface area is 111 Å². The van der Waals surface area contributed by atoms with Gasteiger partial charge in [0.25, 0.3) is 0 Å². The summed E-state index contributed by atoms with van der Waals surface area (Å²) in [6, 6.07) is 0. The summed E-state index contributed by atoms with van der Waals surface area (Å²) in [4.78, 5) is 0. The van der Waals surface area contributed by atoms with E-state index in [1.807, 2.05) is 0 Å². The van der Waals surface area contributed by atoms with Crippen LogP contribution in [0.3, 0.4) is 0 Å². The normalized spacial score (nSPS) is 44.8. The fourth-order valence-electron chi connectivity index (χ4n) is 4.94. The van der Waals surface area contributed by atoms with E-state index >= 15 is 0 Å². The van der Waals surface area contributed by atoms with Crippen LogP contribution < -0.4 is 0 Å². The Morgan fingerprint density at radius 2 is 2.11 bits per heavy atom. The molecule has 4 rings (SSSR count). The highest BCUT2D eigenvalue weighted by atomic mass is 14.5. The highest BCUT2D eigenvalue weighted by molar-refractivity contribution is 5.54. The van der Waals surface area contributed by atoms with Gasteiger partial charge in [-0.15, -0.1) is 0 Å². The van der Waals surface area contributed by atoms with Crippen LogP contribution in [0.15, 0.2) is 23.3 Å². The monoisotopic (exact) mass is 238 g/mol. The molecule has 4 aliphatic carbocycles. The molecule has 0 N–H and O–H groups in total. The van der Waals surface area contributed by atoms with Crippen molar-refractivity contribution in [3.8, 4) is 11.8 Å². The Bertz CT molecular complexity index is 496. The smallest absolute Gasteiger partial charge is 0.0547 e. The van der Waals surface area contributed by atoms with E-state index in [-0.39, 0.29) is 5.41 Å². The summed E-state index contributed by atoms with van der Waals surface area (Å²) in [7, 11) is 0. The average Bonchev–Trinajstić information content (AvgIpc) is 2.80. The lowest BCUT2D eigenvalue weighted by Gasteiger charge is -2.47. The van der Waals surface area contributed by atoms with E-state index in [9.17, 15) is 0 Å². The van der Waals surface area contributed by atoms with Crippen LogP contribution >= 0.6 is 0 Å². The van der Waals surface area contributed by atoms with Crippen molar-refractivity contribution in [2.24, 2.45) is 23.2 Å². The van der Waals surface area contributed by atoms with Crippen molar-refractivity contribution in [2.45, 2.75) is 51.9 Å². The van der Waals surface area contributed by atoms with Crippen LogP contribution in [0.5, 0.6) is 0 Å². The Hall–Kier alpha value is -0.960. The molecule has 0 aromatic carbocycles. The lowest BCUT2D eigenvalue weighted by Crippen LogP contribution is -2.37. The van der Waals surface area contributed by atoms with Crippen LogP contribution in [0.25, 0.3) is 0 Å². The zero-order chi connectivity index (χ0) is 12.2. The van der Waals surface area contributed by atoms with Gasteiger partial charge < -0.3 is 0 Å². The maximum absolute atomic E-state index is 3.46. The quantitative estimate of drug-likeness (QED) is 0.546. The van der Waals surface area contributed by atoms with Crippen LogP contribution in [0, 0.1) is 35.0 Å². The van der Waals surface area contributed by atoms with Crippen molar-refractivity contribution < 1.29 is 0 Å². The van der Waals surface area contributed by atoms with Crippen LogP contribution in [0.4, 0.5) is 0 Å². The minimum Gasteiger partial charge on any atom is -0.0871 e. The third kappa shape index (κ3) is 1.40. The molecule has 2 saturated carbocycles. The number of rotatable bonds is 0. The van der Waals surface area contributed by atoms with Crippen LogP contribution in [-0.4, -0.2) is 0 Å². The first-order chi connectivity index (χ1) is 8.78. The van der Waals surface area contributed by atoms with Crippen molar-refractivity contribution >= 4 is 0 Å². The first-order valence-electron chi connectivity index (χ1n) is 7.72. The SMILES string of the molecule is C[C@@]12C#CC=C1C1=CCC3CCCC[C@@H]3[C@H]1CC2.